The van der Waals surface area contributed by atoms with Gasteiger partial charge in [0, 0.05) is 18.1 Å². The molecule has 2 aromatic rings. The number of carboxylic acids is 1. The number of carbonyl (C=O) groups is 1. The Hall–Kier alpha value is -2.30. The zero-order valence-electron chi connectivity index (χ0n) is 12.3. The highest BCUT2D eigenvalue weighted by Gasteiger charge is 2.34. The van der Waals surface area contributed by atoms with Crippen LogP contribution in [0.3, 0.4) is 0 Å². The maximum atomic E-state index is 11.5. The Morgan fingerprint density at radius 2 is 2.00 bits per heavy atom. The Morgan fingerprint density at radius 3 is 2.62 bits per heavy atom. The van der Waals surface area contributed by atoms with Crippen LogP contribution in [0.2, 0.25) is 0 Å². The molecule has 112 valence electrons. The van der Waals surface area contributed by atoms with E-state index in [4.69, 9.17) is 0 Å². The van der Waals surface area contributed by atoms with E-state index in [-0.39, 0.29) is 5.75 Å². The highest BCUT2D eigenvalue weighted by Crippen LogP contribution is 2.29. The lowest BCUT2D eigenvalue weighted by molar-refractivity contribution is -0.148. The summed E-state index contributed by atoms with van der Waals surface area (Å²) in [6.45, 7) is 4.06. The van der Waals surface area contributed by atoms with E-state index in [1.165, 1.54) is 0 Å². The van der Waals surface area contributed by atoms with Gasteiger partial charge in [-0.25, -0.2) is 4.98 Å². The van der Waals surface area contributed by atoms with Crippen LogP contribution >= 0.6 is 0 Å². The minimum absolute atomic E-state index is 0.161. The quantitative estimate of drug-likeness (QED) is 0.760. The van der Waals surface area contributed by atoms with Crippen LogP contribution in [0.5, 0.6) is 5.75 Å². The van der Waals surface area contributed by atoms with Crippen LogP contribution in [0.15, 0.2) is 30.5 Å². The molecule has 0 bridgehead atoms. The molecule has 0 spiro atoms. The molecule has 1 heterocycles. The van der Waals surface area contributed by atoms with Crippen molar-refractivity contribution in [2.75, 3.05) is 11.9 Å². The number of hydrogen-bond donors (Lipinski definition) is 3. The molecular weight excluding hydrogens is 268 g/mol. The van der Waals surface area contributed by atoms with Crippen LogP contribution < -0.4 is 5.32 Å². The molecule has 0 aliphatic heterocycles. The molecule has 0 aliphatic rings. The zero-order valence-corrected chi connectivity index (χ0v) is 12.3. The van der Waals surface area contributed by atoms with Crippen molar-refractivity contribution in [3.8, 4) is 5.75 Å². The third-order valence-corrected chi connectivity index (χ3v) is 4.15. The first-order valence-corrected chi connectivity index (χ1v) is 7.07. The first-order valence-electron chi connectivity index (χ1n) is 7.07. The van der Waals surface area contributed by atoms with Gasteiger partial charge in [0.25, 0.3) is 0 Å². The average molecular weight is 288 g/mol. The Morgan fingerprint density at radius 1 is 1.29 bits per heavy atom. The van der Waals surface area contributed by atoms with E-state index in [1.807, 2.05) is 26.0 Å². The van der Waals surface area contributed by atoms with Crippen molar-refractivity contribution >= 4 is 22.6 Å². The van der Waals surface area contributed by atoms with Crippen LogP contribution in [-0.2, 0) is 4.79 Å². The van der Waals surface area contributed by atoms with E-state index >= 15 is 0 Å². The van der Waals surface area contributed by atoms with Crippen molar-refractivity contribution in [3.63, 3.8) is 0 Å². The summed E-state index contributed by atoms with van der Waals surface area (Å²) < 4.78 is 0. The monoisotopic (exact) mass is 288 g/mol. The van der Waals surface area contributed by atoms with Gasteiger partial charge in [-0.1, -0.05) is 19.9 Å². The largest absolute Gasteiger partial charge is 0.508 e. The maximum absolute atomic E-state index is 11.5. The van der Waals surface area contributed by atoms with E-state index in [9.17, 15) is 15.0 Å². The van der Waals surface area contributed by atoms with E-state index < -0.39 is 11.4 Å². The van der Waals surface area contributed by atoms with Gasteiger partial charge in [0.15, 0.2) is 0 Å². The Bertz CT molecular complexity index is 651. The lowest BCUT2D eigenvalue weighted by Crippen LogP contribution is -2.37. The highest BCUT2D eigenvalue weighted by molar-refractivity contribution is 5.92. The fraction of sp³-hybridized carbons (Fsp3) is 0.375. The first kappa shape index (κ1) is 15.1. The topological polar surface area (TPSA) is 82.5 Å². The number of nitrogens with one attached hydrogen (secondary N) is 1. The van der Waals surface area contributed by atoms with Gasteiger partial charge in [0.2, 0.25) is 0 Å². The van der Waals surface area contributed by atoms with E-state index in [2.05, 4.69) is 10.3 Å². The number of pyridine rings is 1. The van der Waals surface area contributed by atoms with Crippen LogP contribution in [0.1, 0.15) is 26.7 Å². The van der Waals surface area contributed by atoms with Crippen molar-refractivity contribution < 1.29 is 15.0 Å². The molecule has 0 saturated heterocycles. The van der Waals surface area contributed by atoms with Crippen LogP contribution in [0.4, 0.5) is 5.82 Å². The number of fused-ring (bicyclic) bond motifs is 1. The molecule has 5 nitrogen and oxygen atoms in total. The van der Waals surface area contributed by atoms with Gasteiger partial charge in [-0.2, -0.15) is 0 Å². The minimum atomic E-state index is -0.805. The number of nitrogens with zero attached hydrogens (tertiary/aromatic N) is 1. The standard InChI is InChI=1S/C16H20N2O3/c1-3-16(4-2,15(20)21)10-18-14-13-9-12(19)6-5-11(13)7-8-17-14/h5-9,19H,3-4,10H2,1-2H3,(H,17,18)(H,20,21). The molecule has 0 fully saturated rings. The number of rotatable bonds is 6. The molecule has 5 heteroatoms. The number of aliphatic carboxylic acids is 1. The van der Waals surface area contributed by atoms with Crippen molar-refractivity contribution in [3.05, 3.63) is 30.5 Å². The molecule has 21 heavy (non-hydrogen) atoms. The second kappa shape index (κ2) is 5.99. The normalized spacial score (nSPS) is 11.5. The predicted octanol–water partition coefficient (Wildman–Crippen LogP) is 3.24. The van der Waals surface area contributed by atoms with Crippen molar-refractivity contribution in [1.82, 2.24) is 4.98 Å². The van der Waals surface area contributed by atoms with Gasteiger partial charge in [-0.05, 0) is 36.4 Å². The number of anilines is 1. The van der Waals surface area contributed by atoms with Gasteiger partial charge in [-0.3, -0.25) is 4.79 Å². The molecular formula is C16H20N2O3. The molecule has 0 atom stereocenters. The summed E-state index contributed by atoms with van der Waals surface area (Å²) in [5.74, 6) is -0.0481. The third kappa shape index (κ3) is 2.91. The molecule has 0 radical (unpaired) electrons. The Labute approximate surface area is 123 Å². The Balaban J connectivity index is 2.32. The molecule has 1 aromatic carbocycles. The fourth-order valence-electron chi connectivity index (χ4n) is 2.43. The lowest BCUT2D eigenvalue weighted by Gasteiger charge is -2.27. The third-order valence-electron chi connectivity index (χ3n) is 4.15. The van der Waals surface area contributed by atoms with Crippen molar-refractivity contribution in [2.24, 2.45) is 5.41 Å². The van der Waals surface area contributed by atoms with Gasteiger partial charge in [0.05, 0.1) is 5.41 Å². The van der Waals surface area contributed by atoms with Crippen LogP contribution in [-0.4, -0.2) is 27.7 Å². The van der Waals surface area contributed by atoms with Crippen molar-refractivity contribution in [2.45, 2.75) is 26.7 Å². The molecule has 0 unspecified atom stereocenters. The second-order valence-electron chi connectivity index (χ2n) is 5.21. The van der Waals surface area contributed by atoms with Gasteiger partial charge in [-0.15, -0.1) is 0 Å². The summed E-state index contributed by atoms with van der Waals surface area (Å²) in [4.78, 5) is 15.8. The SMILES string of the molecule is CCC(CC)(CNc1nccc2ccc(O)cc12)C(=O)O. The summed E-state index contributed by atoms with van der Waals surface area (Å²) in [5, 5.41) is 23.9. The number of aromatic hydroxyl groups is 1. The first-order chi connectivity index (χ1) is 10.0. The summed E-state index contributed by atoms with van der Waals surface area (Å²) in [6, 6.07) is 6.91. The minimum Gasteiger partial charge on any atom is -0.508 e. The van der Waals surface area contributed by atoms with E-state index in [0.29, 0.717) is 25.2 Å². The van der Waals surface area contributed by atoms with E-state index in [0.717, 1.165) is 10.8 Å². The Kier molecular flexibility index (Phi) is 4.31. The second-order valence-corrected chi connectivity index (χ2v) is 5.21. The van der Waals surface area contributed by atoms with Gasteiger partial charge >= 0.3 is 5.97 Å². The zero-order chi connectivity index (χ0) is 15.5. The predicted molar refractivity (Wildman–Crippen MR) is 82.5 cm³/mol. The number of phenols is 1. The summed E-state index contributed by atoms with van der Waals surface area (Å²) in [5.41, 5.74) is -0.805. The summed E-state index contributed by atoms with van der Waals surface area (Å²) >= 11 is 0. The molecule has 0 aliphatic carbocycles. The molecule has 0 saturated carbocycles. The smallest absolute Gasteiger partial charge is 0.311 e. The van der Waals surface area contributed by atoms with Crippen LogP contribution in [0.25, 0.3) is 10.8 Å². The van der Waals surface area contributed by atoms with Gasteiger partial charge < -0.3 is 15.5 Å². The lowest BCUT2D eigenvalue weighted by atomic mass is 9.82. The number of phenolic OH excluding ortho intramolecular Hbond substituents is 1. The number of benzene rings is 1. The molecule has 0 amide bonds. The number of aromatic nitrogens is 1. The molecule has 1 aromatic heterocycles. The molecule has 3 N–H and O–H groups in total. The number of carboxylic acid groups (broad SMARTS) is 1. The average Bonchev–Trinajstić information content (AvgIpc) is 2.48. The number of hydrogen-bond acceptors (Lipinski definition) is 4. The summed E-state index contributed by atoms with van der Waals surface area (Å²) in [6.07, 6.45) is 2.76. The van der Waals surface area contributed by atoms with Gasteiger partial charge in [0.1, 0.15) is 11.6 Å². The highest BCUT2D eigenvalue weighted by atomic mass is 16.4. The summed E-state index contributed by atoms with van der Waals surface area (Å²) in [7, 11) is 0. The maximum Gasteiger partial charge on any atom is 0.311 e. The van der Waals surface area contributed by atoms with Crippen molar-refractivity contribution in [1.29, 1.82) is 0 Å². The van der Waals surface area contributed by atoms with E-state index in [1.54, 1.807) is 18.3 Å². The fourth-order valence-corrected chi connectivity index (χ4v) is 2.43. The molecule has 2 rings (SSSR count). The van der Waals surface area contributed by atoms with Crippen LogP contribution in [0, 0.1) is 5.41 Å².